The Morgan fingerprint density at radius 1 is 1.17 bits per heavy atom. The Kier molecular flexibility index (Phi) is 6.30. The summed E-state index contributed by atoms with van der Waals surface area (Å²) in [6, 6.07) is 12.0. The summed E-state index contributed by atoms with van der Waals surface area (Å²) in [6.07, 6.45) is 1.66. The van der Waals surface area contributed by atoms with Crippen LogP contribution in [0, 0.1) is 5.82 Å². The van der Waals surface area contributed by atoms with Gasteiger partial charge in [-0.25, -0.2) is 4.39 Å². The summed E-state index contributed by atoms with van der Waals surface area (Å²) in [7, 11) is 0. The van der Waals surface area contributed by atoms with E-state index in [4.69, 9.17) is 10.8 Å². The van der Waals surface area contributed by atoms with Crippen LogP contribution in [0.5, 0.6) is 0 Å². The molecule has 1 aromatic heterocycles. The fourth-order valence-electron chi connectivity index (χ4n) is 2.97. The molecule has 1 heterocycles. The van der Waals surface area contributed by atoms with Gasteiger partial charge in [-0.3, -0.25) is 9.59 Å². The van der Waals surface area contributed by atoms with Crippen LogP contribution in [0.15, 0.2) is 54.7 Å². The zero-order chi connectivity index (χ0) is 20.8. The third-order valence-electron chi connectivity index (χ3n) is 4.46. The molecule has 8 nitrogen and oxygen atoms in total. The summed E-state index contributed by atoms with van der Waals surface area (Å²) in [5.41, 5.74) is 7.80. The van der Waals surface area contributed by atoms with Gasteiger partial charge in [-0.1, -0.05) is 42.5 Å². The largest absolute Gasteiger partial charge is 0.480 e. The molecule has 1 amide bonds. The average molecular weight is 397 g/mol. The second-order valence-corrected chi connectivity index (χ2v) is 6.59. The van der Waals surface area contributed by atoms with Crippen LogP contribution in [-0.4, -0.2) is 44.5 Å². The van der Waals surface area contributed by atoms with Crippen molar-refractivity contribution in [3.8, 4) is 11.1 Å². The summed E-state index contributed by atoms with van der Waals surface area (Å²) in [5, 5.41) is 21.5. The van der Waals surface area contributed by atoms with E-state index in [1.807, 2.05) is 12.1 Å². The van der Waals surface area contributed by atoms with E-state index in [0.29, 0.717) is 12.0 Å². The minimum atomic E-state index is -1.15. The minimum absolute atomic E-state index is 0.0357. The third kappa shape index (κ3) is 5.23. The van der Waals surface area contributed by atoms with Gasteiger partial charge in [0, 0.05) is 11.6 Å². The molecule has 9 heteroatoms. The molecule has 150 valence electrons. The molecular weight excluding hydrogens is 377 g/mol. The Morgan fingerprint density at radius 3 is 2.52 bits per heavy atom. The lowest BCUT2D eigenvalue weighted by Crippen LogP contribution is -2.43. The number of carbonyl (C=O) groups is 2. The fraction of sp³-hybridized carbons (Fsp3) is 0.200. The topological polar surface area (TPSA) is 134 Å². The first-order chi connectivity index (χ1) is 13.9. The lowest BCUT2D eigenvalue weighted by atomic mass is 9.97. The van der Waals surface area contributed by atoms with E-state index in [-0.39, 0.29) is 17.9 Å². The zero-order valence-corrected chi connectivity index (χ0v) is 15.4. The van der Waals surface area contributed by atoms with Crippen LogP contribution in [0.2, 0.25) is 0 Å². The van der Waals surface area contributed by atoms with E-state index in [1.54, 1.807) is 30.3 Å². The predicted octanol–water partition coefficient (Wildman–Crippen LogP) is 1.75. The highest BCUT2D eigenvalue weighted by molar-refractivity contribution is 5.92. The molecule has 0 aliphatic heterocycles. The number of carbonyl (C=O) groups excluding carboxylic acids is 1. The quantitative estimate of drug-likeness (QED) is 0.458. The van der Waals surface area contributed by atoms with Crippen LogP contribution in [-0.2, 0) is 11.2 Å². The van der Waals surface area contributed by atoms with Gasteiger partial charge in [0.2, 0.25) is 0 Å². The van der Waals surface area contributed by atoms with Crippen molar-refractivity contribution in [3.63, 3.8) is 0 Å². The van der Waals surface area contributed by atoms with Gasteiger partial charge in [0.05, 0.1) is 6.20 Å². The smallest absolute Gasteiger partial charge is 0.320 e. The van der Waals surface area contributed by atoms with Crippen LogP contribution < -0.4 is 11.1 Å². The molecule has 3 aromatic rings. The number of rotatable bonds is 8. The van der Waals surface area contributed by atoms with Crippen molar-refractivity contribution in [1.82, 2.24) is 20.7 Å². The number of nitrogens with one attached hydrogen (secondary N) is 2. The number of nitrogens with zero attached hydrogens (tertiary/aromatic N) is 2. The molecule has 0 fully saturated rings. The number of H-pyrrole nitrogens is 1. The number of aliphatic carboxylic acids is 1. The van der Waals surface area contributed by atoms with Crippen molar-refractivity contribution < 1.29 is 19.1 Å². The van der Waals surface area contributed by atoms with Crippen molar-refractivity contribution in [2.24, 2.45) is 5.73 Å². The zero-order valence-electron chi connectivity index (χ0n) is 15.4. The van der Waals surface area contributed by atoms with Gasteiger partial charge in [0.15, 0.2) is 5.69 Å². The highest BCUT2D eigenvalue weighted by Gasteiger charge is 2.22. The number of nitrogens with two attached hydrogens (primary N) is 1. The molecule has 5 N–H and O–H groups in total. The van der Waals surface area contributed by atoms with E-state index >= 15 is 0 Å². The molecule has 29 heavy (non-hydrogen) atoms. The highest BCUT2D eigenvalue weighted by Crippen LogP contribution is 2.23. The molecule has 0 spiro atoms. The first-order valence-corrected chi connectivity index (χ1v) is 8.93. The molecule has 0 saturated heterocycles. The van der Waals surface area contributed by atoms with Crippen molar-refractivity contribution in [2.45, 2.75) is 24.9 Å². The monoisotopic (exact) mass is 397 g/mol. The van der Waals surface area contributed by atoms with Crippen molar-refractivity contribution in [1.29, 1.82) is 0 Å². The van der Waals surface area contributed by atoms with Crippen molar-refractivity contribution in [3.05, 3.63) is 71.8 Å². The fourth-order valence-corrected chi connectivity index (χ4v) is 2.97. The van der Waals surface area contributed by atoms with Gasteiger partial charge in [0.1, 0.15) is 11.9 Å². The summed E-state index contributed by atoms with van der Waals surface area (Å²) in [4.78, 5) is 23.4. The van der Waals surface area contributed by atoms with Gasteiger partial charge in [-0.2, -0.15) is 15.4 Å². The number of aromatic nitrogens is 3. The van der Waals surface area contributed by atoms with E-state index < -0.39 is 24.0 Å². The first-order valence-electron chi connectivity index (χ1n) is 8.93. The van der Waals surface area contributed by atoms with Gasteiger partial charge in [0.25, 0.3) is 5.91 Å². The minimum Gasteiger partial charge on any atom is -0.480 e. The van der Waals surface area contributed by atoms with E-state index in [1.165, 1.54) is 12.3 Å². The maximum Gasteiger partial charge on any atom is 0.320 e. The average Bonchev–Trinajstić information content (AvgIpc) is 3.24. The molecule has 0 bridgehead atoms. The van der Waals surface area contributed by atoms with Crippen LogP contribution in [0.3, 0.4) is 0 Å². The second-order valence-electron chi connectivity index (χ2n) is 6.59. The summed E-state index contributed by atoms with van der Waals surface area (Å²) >= 11 is 0. The van der Waals surface area contributed by atoms with Crippen LogP contribution in [0.4, 0.5) is 4.39 Å². The normalized spacial score (nSPS) is 12.9. The highest BCUT2D eigenvalue weighted by atomic mass is 19.1. The Hall–Kier alpha value is -3.59. The van der Waals surface area contributed by atoms with Gasteiger partial charge >= 0.3 is 5.97 Å². The SMILES string of the molecule is NC(CC(Cc1ccc(-c2ccccc2F)cc1)NC(=O)c1cn[nH]n1)C(=O)O. The molecule has 0 radical (unpaired) electrons. The number of amides is 1. The molecule has 2 unspecified atom stereocenters. The Labute approximate surface area is 165 Å². The number of hydrogen-bond acceptors (Lipinski definition) is 5. The van der Waals surface area contributed by atoms with Crippen LogP contribution in [0.1, 0.15) is 22.5 Å². The lowest BCUT2D eigenvalue weighted by molar-refractivity contribution is -0.138. The number of carboxylic acid groups (broad SMARTS) is 1. The maximum absolute atomic E-state index is 14.0. The maximum atomic E-state index is 14.0. The van der Waals surface area contributed by atoms with E-state index in [0.717, 1.165) is 11.1 Å². The first kappa shape index (κ1) is 20.2. The Morgan fingerprint density at radius 2 is 1.90 bits per heavy atom. The number of benzene rings is 2. The molecule has 0 aliphatic rings. The molecule has 0 aliphatic carbocycles. The number of aromatic amines is 1. The van der Waals surface area contributed by atoms with Crippen molar-refractivity contribution >= 4 is 11.9 Å². The number of carboxylic acids is 1. The number of hydrogen-bond donors (Lipinski definition) is 4. The Balaban J connectivity index is 1.75. The van der Waals surface area contributed by atoms with E-state index in [2.05, 4.69) is 20.7 Å². The molecule has 2 aromatic carbocycles. The second kappa shape index (κ2) is 9.07. The number of halogens is 1. The molecular formula is C20H20FN5O3. The van der Waals surface area contributed by atoms with Gasteiger partial charge in [-0.05, 0) is 30.0 Å². The molecule has 3 rings (SSSR count). The molecule has 2 atom stereocenters. The Bertz CT molecular complexity index is 976. The van der Waals surface area contributed by atoms with E-state index in [9.17, 15) is 14.0 Å². The third-order valence-corrected chi connectivity index (χ3v) is 4.46. The predicted molar refractivity (Wildman–Crippen MR) is 103 cm³/mol. The summed E-state index contributed by atoms with van der Waals surface area (Å²) in [6.45, 7) is 0. The molecule has 0 saturated carbocycles. The van der Waals surface area contributed by atoms with Crippen molar-refractivity contribution in [2.75, 3.05) is 0 Å². The van der Waals surface area contributed by atoms with Gasteiger partial charge < -0.3 is 16.2 Å². The van der Waals surface area contributed by atoms with Crippen LogP contribution in [0.25, 0.3) is 11.1 Å². The standard InChI is InChI=1S/C20H20FN5O3/c21-16-4-2-1-3-15(16)13-7-5-12(6-8-13)9-14(10-17(22)20(28)29)24-19(27)18-11-23-26-25-18/h1-8,11,14,17H,9-10,22H2,(H,24,27)(H,28,29)(H,23,25,26). The summed E-state index contributed by atoms with van der Waals surface area (Å²) < 4.78 is 14.0. The summed E-state index contributed by atoms with van der Waals surface area (Å²) in [5.74, 6) is -1.95. The van der Waals surface area contributed by atoms with Crippen LogP contribution >= 0.6 is 0 Å². The lowest BCUT2D eigenvalue weighted by Gasteiger charge is -2.20. The van der Waals surface area contributed by atoms with Gasteiger partial charge in [-0.15, -0.1) is 0 Å².